The summed E-state index contributed by atoms with van der Waals surface area (Å²) in [6.45, 7) is 0.521. The van der Waals surface area contributed by atoms with Crippen LogP contribution < -0.4 is 5.73 Å². The van der Waals surface area contributed by atoms with Crippen molar-refractivity contribution in [2.75, 3.05) is 0 Å². The minimum atomic E-state index is 0.521. The summed E-state index contributed by atoms with van der Waals surface area (Å²) in [5.74, 6) is 0. The third-order valence-electron chi connectivity index (χ3n) is 3.48. The molecule has 0 fully saturated rings. The Kier molecular flexibility index (Phi) is 4.38. The fourth-order valence-corrected chi connectivity index (χ4v) is 3.82. The zero-order valence-corrected chi connectivity index (χ0v) is 13.5. The lowest BCUT2D eigenvalue weighted by Gasteiger charge is -2.18. The van der Waals surface area contributed by atoms with Crippen LogP contribution in [-0.4, -0.2) is 9.97 Å². The molecule has 5 heteroatoms. The van der Waals surface area contributed by atoms with Crippen LogP contribution in [0.4, 0.5) is 0 Å². The van der Waals surface area contributed by atoms with Crippen LogP contribution in [0.3, 0.4) is 0 Å². The van der Waals surface area contributed by atoms with E-state index in [4.69, 9.17) is 10.7 Å². The van der Waals surface area contributed by atoms with Crippen molar-refractivity contribution in [2.24, 2.45) is 5.73 Å². The van der Waals surface area contributed by atoms with E-state index in [0.717, 1.165) is 32.9 Å². The Labute approximate surface area is 131 Å². The molecular formula is C15H16BrN3S. The van der Waals surface area contributed by atoms with E-state index in [9.17, 15) is 0 Å². The van der Waals surface area contributed by atoms with E-state index in [2.05, 4.69) is 27.0 Å². The number of aromatic nitrogens is 2. The fraction of sp³-hybridized carbons (Fsp3) is 0.333. The molecular weight excluding hydrogens is 334 g/mol. The van der Waals surface area contributed by atoms with Crippen LogP contribution in [0, 0.1) is 0 Å². The number of rotatable bonds is 3. The third kappa shape index (κ3) is 2.90. The second-order valence-corrected chi connectivity index (χ2v) is 6.69. The van der Waals surface area contributed by atoms with Gasteiger partial charge >= 0.3 is 0 Å². The molecule has 2 aromatic heterocycles. The number of halogens is 1. The summed E-state index contributed by atoms with van der Waals surface area (Å²) in [5.41, 5.74) is 9.62. The number of nitrogens with two attached hydrogens (primary N) is 1. The molecule has 0 spiro atoms. The zero-order valence-electron chi connectivity index (χ0n) is 11.1. The number of hydrogen-bond donors (Lipinski definition) is 1. The van der Waals surface area contributed by atoms with E-state index in [1.807, 2.05) is 12.1 Å². The van der Waals surface area contributed by atoms with Crippen LogP contribution >= 0.6 is 27.7 Å². The molecule has 3 rings (SSSR count). The Balaban J connectivity index is 1.98. The molecule has 20 heavy (non-hydrogen) atoms. The molecule has 0 saturated heterocycles. The van der Waals surface area contributed by atoms with Gasteiger partial charge in [-0.25, -0.2) is 9.97 Å². The SMILES string of the molecule is NCc1cc2c(nc1Sc1ncccc1Br)CCCC2. The molecule has 0 amide bonds. The van der Waals surface area contributed by atoms with E-state index in [1.54, 1.807) is 18.0 Å². The van der Waals surface area contributed by atoms with Crippen molar-refractivity contribution in [1.29, 1.82) is 0 Å². The highest BCUT2D eigenvalue weighted by Crippen LogP contribution is 2.34. The van der Waals surface area contributed by atoms with Crippen molar-refractivity contribution >= 4 is 27.7 Å². The quantitative estimate of drug-likeness (QED) is 0.917. The lowest BCUT2D eigenvalue weighted by molar-refractivity contribution is 0.656. The highest BCUT2D eigenvalue weighted by Gasteiger charge is 2.16. The Morgan fingerprint density at radius 2 is 2.10 bits per heavy atom. The largest absolute Gasteiger partial charge is 0.326 e. The molecule has 2 heterocycles. The summed E-state index contributed by atoms with van der Waals surface area (Å²) in [6.07, 6.45) is 6.51. The smallest absolute Gasteiger partial charge is 0.116 e. The minimum Gasteiger partial charge on any atom is -0.326 e. The van der Waals surface area contributed by atoms with Gasteiger partial charge in [0.2, 0.25) is 0 Å². The van der Waals surface area contributed by atoms with Crippen LogP contribution in [-0.2, 0) is 19.4 Å². The van der Waals surface area contributed by atoms with Gasteiger partial charge in [-0.05, 0) is 76.6 Å². The van der Waals surface area contributed by atoms with Gasteiger partial charge in [-0.3, -0.25) is 0 Å². The van der Waals surface area contributed by atoms with Gasteiger partial charge in [-0.1, -0.05) is 6.07 Å². The molecule has 104 valence electrons. The van der Waals surface area contributed by atoms with E-state index in [-0.39, 0.29) is 0 Å². The lowest BCUT2D eigenvalue weighted by Crippen LogP contribution is -2.10. The van der Waals surface area contributed by atoms with E-state index >= 15 is 0 Å². The van der Waals surface area contributed by atoms with Gasteiger partial charge in [0, 0.05) is 18.4 Å². The van der Waals surface area contributed by atoms with Crippen molar-refractivity contribution in [3.63, 3.8) is 0 Å². The van der Waals surface area contributed by atoms with E-state index < -0.39 is 0 Å². The third-order valence-corrected chi connectivity index (χ3v) is 5.45. The molecule has 0 unspecified atom stereocenters. The van der Waals surface area contributed by atoms with Gasteiger partial charge < -0.3 is 5.73 Å². The van der Waals surface area contributed by atoms with Gasteiger partial charge in [0.15, 0.2) is 0 Å². The van der Waals surface area contributed by atoms with E-state index in [1.165, 1.54) is 24.1 Å². The van der Waals surface area contributed by atoms with Gasteiger partial charge in [-0.2, -0.15) is 0 Å². The van der Waals surface area contributed by atoms with Crippen LogP contribution in [0.25, 0.3) is 0 Å². The van der Waals surface area contributed by atoms with Crippen molar-refractivity contribution in [1.82, 2.24) is 9.97 Å². The van der Waals surface area contributed by atoms with Crippen molar-refractivity contribution in [2.45, 2.75) is 42.3 Å². The summed E-state index contributed by atoms with van der Waals surface area (Å²) in [5, 5.41) is 1.93. The summed E-state index contributed by atoms with van der Waals surface area (Å²) in [4.78, 5) is 9.24. The first-order valence-corrected chi connectivity index (χ1v) is 8.39. The van der Waals surface area contributed by atoms with Gasteiger partial charge in [0.05, 0.1) is 4.47 Å². The first kappa shape index (κ1) is 14.0. The van der Waals surface area contributed by atoms with Gasteiger partial charge in [-0.15, -0.1) is 0 Å². The van der Waals surface area contributed by atoms with Crippen LogP contribution in [0.2, 0.25) is 0 Å². The summed E-state index contributed by atoms with van der Waals surface area (Å²) in [7, 11) is 0. The second-order valence-electron chi connectivity index (χ2n) is 4.86. The van der Waals surface area contributed by atoms with Crippen LogP contribution in [0.15, 0.2) is 38.9 Å². The minimum absolute atomic E-state index is 0.521. The van der Waals surface area contributed by atoms with E-state index in [0.29, 0.717) is 6.54 Å². The second kappa shape index (κ2) is 6.24. The Morgan fingerprint density at radius 1 is 1.25 bits per heavy atom. The average molecular weight is 350 g/mol. The molecule has 1 aliphatic carbocycles. The Hall–Kier alpha value is -0.910. The van der Waals surface area contributed by atoms with Gasteiger partial charge in [0.1, 0.15) is 10.1 Å². The van der Waals surface area contributed by atoms with Crippen LogP contribution in [0.5, 0.6) is 0 Å². The lowest BCUT2D eigenvalue weighted by atomic mass is 9.95. The summed E-state index contributed by atoms with van der Waals surface area (Å²) >= 11 is 5.12. The molecule has 2 N–H and O–H groups in total. The zero-order chi connectivity index (χ0) is 13.9. The number of hydrogen-bond acceptors (Lipinski definition) is 4. The first-order valence-electron chi connectivity index (χ1n) is 6.78. The highest BCUT2D eigenvalue weighted by molar-refractivity contribution is 9.10. The standard InChI is InChI=1S/C15H16BrN3S/c16-12-5-3-7-18-15(12)20-14-11(9-17)8-10-4-1-2-6-13(10)19-14/h3,5,7-8H,1-2,4,6,9,17H2. The molecule has 0 saturated carbocycles. The maximum Gasteiger partial charge on any atom is 0.116 e. The fourth-order valence-electron chi connectivity index (χ4n) is 2.43. The highest BCUT2D eigenvalue weighted by atomic mass is 79.9. The Morgan fingerprint density at radius 3 is 2.90 bits per heavy atom. The normalized spacial score (nSPS) is 14.1. The monoisotopic (exact) mass is 349 g/mol. The molecule has 0 aromatic carbocycles. The maximum absolute atomic E-state index is 5.89. The van der Waals surface area contributed by atoms with Gasteiger partial charge in [0.25, 0.3) is 0 Å². The number of aryl methyl sites for hydroxylation is 2. The molecule has 0 aliphatic heterocycles. The number of fused-ring (bicyclic) bond motifs is 1. The van der Waals surface area contributed by atoms with Crippen molar-refractivity contribution < 1.29 is 0 Å². The summed E-state index contributed by atoms with van der Waals surface area (Å²) in [6, 6.07) is 6.15. The molecule has 1 aliphatic rings. The first-order chi connectivity index (χ1) is 9.78. The molecule has 0 radical (unpaired) electrons. The summed E-state index contributed by atoms with van der Waals surface area (Å²) < 4.78 is 0.993. The van der Waals surface area contributed by atoms with Crippen molar-refractivity contribution in [3.8, 4) is 0 Å². The number of pyridine rings is 2. The Bertz CT molecular complexity index is 631. The maximum atomic E-state index is 5.89. The topological polar surface area (TPSA) is 51.8 Å². The predicted octanol–water partition coefficient (Wildman–Crippen LogP) is 3.73. The predicted molar refractivity (Wildman–Crippen MR) is 84.8 cm³/mol. The molecule has 2 aromatic rings. The molecule has 0 bridgehead atoms. The number of nitrogens with zero attached hydrogens (tertiary/aromatic N) is 2. The molecule has 0 atom stereocenters. The molecule has 3 nitrogen and oxygen atoms in total. The van der Waals surface area contributed by atoms with Crippen molar-refractivity contribution in [3.05, 3.63) is 45.7 Å². The average Bonchev–Trinajstić information content (AvgIpc) is 2.49. The van der Waals surface area contributed by atoms with Crippen LogP contribution in [0.1, 0.15) is 29.7 Å².